The van der Waals surface area contributed by atoms with Crippen molar-refractivity contribution in [2.75, 3.05) is 32.1 Å². The van der Waals surface area contributed by atoms with E-state index in [1.54, 1.807) is 34.4 Å². The molecule has 26 heavy (non-hydrogen) atoms. The summed E-state index contributed by atoms with van der Waals surface area (Å²) < 4.78 is 0.920. The van der Waals surface area contributed by atoms with Crippen molar-refractivity contribution < 1.29 is 0 Å². The highest BCUT2D eigenvalue weighted by atomic mass is 32.2. The lowest BCUT2D eigenvalue weighted by Crippen LogP contribution is -2.20. The van der Waals surface area contributed by atoms with E-state index < -0.39 is 0 Å². The summed E-state index contributed by atoms with van der Waals surface area (Å²) in [5.74, 6) is 0.917. The van der Waals surface area contributed by atoms with Crippen LogP contribution in [0.1, 0.15) is 29.1 Å². The van der Waals surface area contributed by atoms with Crippen LogP contribution in [0.5, 0.6) is 0 Å². The van der Waals surface area contributed by atoms with Crippen molar-refractivity contribution in [3.63, 3.8) is 0 Å². The Labute approximate surface area is 165 Å². The molecule has 4 rings (SSSR count). The molecule has 6 nitrogen and oxygen atoms in total. The summed E-state index contributed by atoms with van der Waals surface area (Å²) in [7, 11) is 3.97. The summed E-state index contributed by atoms with van der Waals surface area (Å²) in [4.78, 5) is 16.6. The van der Waals surface area contributed by atoms with Gasteiger partial charge in [0.05, 0.1) is 6.54 Å². The van der Waals surface area contributed by atoms with Gasteiger partial charge < -0.3 is 4.90 Å². The molecular formula is C17H22N6S3. The highest BCUT2D eigenvalue weighted by Crippen LogP contribution is 2.39. The molecule has 1 aliphatic heterocycles. The van der Waals surface area contributed by atoms with Crippen LogP contribution in [0.15, 0.2) is 9.37 Å². The summed E-state index contributed by atoms with van der Waals surface area (Å²) in [5, 5.41) is 11.7. The number of fused-ring (bicyclic) bond motifs is 1. The molecule has 1 fully saturated rings. The smallest absolute Gasteiger partial charge is 0.208 e. The van der Waals surface area contributed by atoms with Crippen LogP contribution in [0, 0.1) is 13.8 Å². The van der Waals surface area contributed by atoms with Gasteiger partial charge in [0.1, 0.15) is 15.7 Å². The zero-order valence-corrected chi connectivity index (χ0v) is 17.9. The second-order valence-electron chi connectivity index (χ2n) is 6.74. The molecule has 0 radical (unpaired) electrons. The van der Waals surface area contributed by atoms with E-state index in [-0.39, 0.29) is 0 Å². The standard InChI is InChI=1S/C17H22N6S3/c1-10-11(2)24-14-13(10)15(25-17-21-20-16(26-17)22(3)4)19-12(18-14)9-23-7-5-6-8-23/h5-9H2,1-4H3. The molecule has 3 aromatic rings. The Balaban J connectivity index is 1.71. The van der Waals surface area contributed by atoms with Crippen molar-refractivity contribution in [3.05, 3.63) is 16.3 Å². The third-order valence-corrected chi connectivity index (χ3v) is 7.80. The molecule has 138 valence electrons. The molecule has 0 spiro atoms. The zero-order chi connectivity index (χ0) is 18.3. The summed E-state index contributed by atoms with van der Waals surface area (Å²) >= 11 is 4.97. The number of hydrogen-bond donors (Lipinski definition) is 0. The van der Waals surface area contributed by atoms with Crippen LogP contribution in [0.25, 0.3) is 10.2 Å². The Hall–Kier alpha value is -1.29. The van der Waals surface area contributed by atoms with Crippen molar-refractivity contribution >= 4 is 49.8 Å². The van der Waals surface area contributed by atoms with Crippen LogP contribution in [0.4, 0.5) is 5.13 Å². The predicted molar refractivity (Wildman–Crippen MR) is 110 cm³/mol. The first-order chi connectivity index (χ1) is 12.5. The molecule has 0 saturated carbocycles. The topological polar surface area (TPSA) is 58.0 Å². The maximum absolute atomic E-state index is 4.93. The normalized spacial score (nSPS) is 15.2. The minimum atomic E-state index is 0.832. The van der Waals surface area contributed by atoms with Crippen LogP contribution in [-0.4, -0.2) is 52.3 Å². The minimum absolute atomic E-state index is 0.832. The van der Waals surface area contributed by atoms with Crippen molar-refractivity contribution in [2.45, 2.75) is 42.6 Å². The quantitative estimate of drug-likeness (QED) is 0.594. The Morgan fingerprint density at radius 3 is 2.54 bits per heavy atom. The number of hydrogen-bond acceptors (Lipinski definition) is 9. The van der Waals surface area contributed by atoms with Gasteiger partial charge in [0.15, 0.2) is 4.34 Å². The molecular weight excluding hydrogens is 384 g/mol. The van der Waals surface area contributed by atoms with E-state index >= 15 is 0 Å². The summed E-state index contributed by atoms with van der Waals surface area (Å²) in [6.45, 7) is 7.45. The number of nitrogens with zero attached hydrogens (tertiary/aromatic N) is 6. The molecule has 0 unspecified atom stereocenters. The lowest BCUT2D eigenvalue weighted by Gasteiger charge is -2.14. The zero-order valence-electron chi connectivity index (χ0n) is 15.4. The molecule has 0 bridgehead atoms. The average molecular weight is 407 g/mol. The van der Waals surface area contributed by atoms with Gasteiger partial charge in [-0.1, -0.05) is 11.3 Å². The SMILES string of the molecule is Cc1sc2nc(CN3CCCC3)nc(Sc3nnc(N(C)C)s3)c2c1C. The van der Waals surface area contributed by atoms with Gasteiger partial charge in [-0.15, -0.1) is 21.5 Å². The van der Waals surface area contributed by atoms with Crippen molar-refractivity contribution in [2.24, 2.45) is 0 Å². The monoisotopic (exact) mass is 406 g/mol. The molecule has 0 aromatic carbocycles. The fraction of sp³-hybridized carbons (Fsp3) is 0.529. The lowest BCUT2D eigenvalue weighted by molar-refractivity contribution is 0.322. The fourth-order valence-corrected chi connectivity index (χ4v) is 6.04. The van der Waals surface area contributed by atoms with Gasteiger partial charge in [0.2, 0.25) is 5.13 Å². The molecule has 1 saturated heterocycles. The first-order valence-corrected chi connectivity index (χ1v) is 11.1. The van der Waals surface area contributed by atoms with E-state index in [1.165, 1.54) is 28.7 Å². The Kier molecular flexibility index (Phi) is 5.13. The van der Waals surface area contributed by atoms with E-state index in [1.807, 2.05) is 19.0 Å². The minimum Gasteiger partial charge on any atom is -0.353 e. The fourth-order valence-electron chi connectivity index (χ4n) is 3.05. The first-order valence-electron chi connectivity index (χ1n) is 8.69. The van der Waals surface area contributed by atoms with E-state index in [0.717, 1.165) is 44.8 Å². The van der Waals surface area contributed by atoms with E-state index in [4.69, 9.17) is 9.97 Å². The van der Waals surface area contributed by atoms with Gasteiger partial charge in [-0.25, -0.2) is 9.97 Å². The number of aromatic nitrogens is 4. The van der Waals surface area contributed by atoms with Crippen LogP contribution in [0.2, 0.25) is 0 Å². The van der Waals surface area contributed by atoms with Gasteiger partial charge in [-0.05, 0) is 57.1 Å². The molecule has 3 aromatic heterocycles. The molecule has 1 aliphatic rings. The van der Waals surface area contributed by atoms with Crippen molar-refractivity contribution in [1.29, 1.82) is 0 Å². The number of aryl methyl sites for hydroxylation is 2. The van der Waals surface area contributed by atoms with Gasteiger partial charge in [0, 0.05) is 24.4 Å². The van der Waals surface area contributed by atoms with Gasteiger partial charge >= 0.3 is 0 Å². The van der Waals surface area contributed by atoms with Crippen LogP contribution >= 0.6 is 34.4 Å². The Morgan fingerprint density at radius 2 is 1.85 bits per heavy atom. The predicted octanol–water partition coefficient (Wildman–Crippen LogP) is 3.97. The molecule has 9 heteroatoms. The molecule has 0 N–H and O–H groups in total. The maximum Gasteiger partial charge on any atom is 0.208 e. The Bertz CT molecular complexity index is 926. The number of likely N-dealkylation sites (tertiary alicyclic amines) is 1. The summed E-state index contributed by atoms with van der Waals surface area (Å²) in [5.41, 5.74) is 1.28. The largest absolute Gasteiger partial charge is 0.353 e. The highest BCUT2D eigenvalue weighted by Gasteiger charge is 2.20. The maximum atomic E-state index is 4.93. The van der Waals surface area contributed by atoms with Gasteiger partial charge in [-0.3, -0.25) is 4.90 Å². The number of thiophene rings is 1. The van der Waals surface area contributed by atoms with Crippen molar-refractivity contribution in [3.8, 4) is 0 Å². The number of anilines is 1. The third kappa shape index (κ3) is 3.58. The molecule has 0 amide bonds. The van der Waals surface area contributed by atoms with E-state index in [9.17, 15) is 0 Å². The van der Waals surface area contributed by atoms with Crippen LogP contribution in [0.3, 0.4) is 0 Å². The molecule has 4 heterocycles. The van der Waals surface area contributed by atoms with Gasteiger partial charge in [-0.2, -0.15) is 0 Å². The average Bonchev–Trinajstić information content (AvgIpc) is 3.30. The van der Waals surface area contributed by atoms with Crippen molar-refractivity contribution in [1.82, 2.24) is 25.1 Å². The van der Waals surface area contributed by atoms with Crippen LogP contribution < -0.4 is 4.90 Å². The third-order valence-electron chi connectivity index (χ3n) is 4.57. The van der Waals surface area contributed by atoms with Gasteiger partial charge in [0.25, 0.3) is 0 Å². The summed E-state index contributed by atoms with van der Waals surface area (Å²) in [6, 6.07) is 0. The first kappa shape index (κ1) is 18.1. The summed E-state index contributed by atoms with van der Waals surface area (Å²) in [6.07, 6.45) is 2.55. The second-order valence-corrected chi connectivity index (χ2v) is 10.1. The Morgan fingerprint density at radius 1 is 1.08 bits per heavy atom. The molecule has 0 atom stereocenters. The highest BCUT2D eigenvalue weighted by molar-refractivity contribution is 8.01. The van der Waals surface area contributed by atoms with Crippen LogP contribution in [-0.2, 0) is 6.54 Å². The second kappa shape index (κ2) is 7.38. The lowest BCUT2D eigenvalue weighted by atomic mass is 10.2. The van der Waals surface area contributed by atoms with E-state index in [0.29, 0.717) is 0 Å². The molecule has 0 aliphatic carbocycles. The van der Waals surface area contributed by atoms with E-state index in [2.05, 4.69) is 28.9 Å². The number of rotatable bonds is 5.